The van der Waals surface area contributed by atoms with Gasteiger partial charge in [0.05, 0.1) is 11.3 Å². The van der Waals surface area contributed by atoms with Crippen LogP contribution >= 0.6 is 12.4 Å². The monoisotopic (exact) mass is 325 g/mol. The topological polar surface area (TPSA) is 75.5 Å². The Kier molecular flexibility index (Phi) is 5.37. The molecule has 7 heteroatoms. The summed E-state index contributed by atoms with van der Waals surface area (Å²) in [5, 5.41) is 14.3. The molecule has 1 N–H and O–H groups in total. The molecule has 120 valence electrons. The van der Waals surface area contributed by atoms with Gasteiger partial charge in [-0.25, -0.2) is 0 Å². The quantitative estimate of drug-likeness (QED) is 0.680. The summed E-state index contributed by atoms with van der Waals surface area (Å²) < 4.78 is 0. The van der Waals surface area contributed by atoms with Crippen molar-refractivity contribution in [2.24, 2.45) is 0 Å². The number of nitrogens with one attached hydrogen (secondary N) is 1. The molecule has 2 fully saturated rings. The zero-order valence-electron chi connectivity index (χ0n) is 12.2. The lowest BCUT2D eigenvalue weighted by molar-refractivity contribution is -0.384. The molecule has 2 aliphatic rings. The van der Waals surface area contributed by atoms with Crippen molar-refractivity contribution in [3.8, 4) is 0 Å². The van der Waals surface area contributed by atoms with Crippen LogP contribution in [0.1, 0.15) is 24.8 Å². The number of rotatable bonds is 3. The molecule has 6 nitrogen and oxygen atoms in total. The first-order valence-corrected chi connectivity index (χ1v) is 7.39. The van der Waals surface area contributed by atoms with Crippen LogP contribution in [0.3, 0.4) is 0 Å². The van der Waals surface area contributed by atoms with Crippen LogP contribution in [0.2, 0.25) is 0 Å². The maximum atomic E-state index is 12.4. The van der Waals surface area contributed by atoms with Crippen molar-refractivity contribution in [3.05, 3.63) is 39.9 Å². The summed E-state index contributed by atoms with van der Waals surface area (Å²) in [7, 11) is 0. The van der Waals surface area contributed by atoms with E-state index in [9.17, 15) is 14.9 Å². The van der Waals surface area contributed by atoms with Crippen molar-refractivity contribution in [1.29, 1.82) is 0 Å². The average Bonchev–Trinajstić information content (AvgIpc) is 2.78. The molecule has 2 saturated heterocycles. The Bertz CT molecular complexity index is 567. The van der Waals surface area contributed by atoms with Gasteiger partial charge in [-0.15, -0.1) is 12.4 Å². The summed E-state index contributed by atoms with van der Waals surface area (Å²) in [6, 6.07) is 7.29. The number of non-ortho nitro benzene ring substituents is 1. The number of nitrogens with zero attached hydrogens (tertiary/aromatic N) is 2. The highest BCUT2D eigenvalue weighted by molar-refractivity contribution is 5.85. The normalized spacial score (nSPS) is 23.5. The van der Waals surface area contributed by atoms with E-state index in [2.05, 4.69) is 5.32 Å². The molecule has 22 heavy (non-hydrogen) atoms. The van der Waals surface area contributed by atoms with E-state index >= 15 is 0 Å². The molecular weight excluding hydrogens is 306 g/mol. The Morgan fingerprint density at radius 1 is 1.32 bits per heavy atom. The summed E-state index contributed by atoms with van der Waals surface area (Å²) in [6.07, 6.45) is 3.57. The standard InChI is InChI=1S/C15H19N3O3.ClH/c19-15(9-11-2-1-3-14(8-11)18(20)21)17-7-6-12-4-5-13(10-17)16-12;/h1-3,8,12-13,16H,4-7,9-10H2;1H. The third kappa shape index (κ3) is 3.75. The fourth-order valence-electron chi connectivity index (χ4n) is 3.24. The molecule has 2 atom stereocenters. The highest BCUT2D eigenvalue weighted by Gasteiger charge is 2.31. The average molecular weight is 326 g/mol. The minimum atomic E-state index is -0.428. The lowest BCUT2D eigenvalue weighted by Crippen LogP contribution is -2.39. The summed E-state index contributed by atoms with van der Waals surface area (Å²) in [5.74, 6) is 0.0600. The highest BCUT2D eigenvalue weighted by Crippen LogP contribution is 2.21. The molecule has 2 aliphatic heterocycles. The van der Waals surface area contributed by atoms with E-state index in [-0.39, 0.29) is 30.4 Å². The number of hydrogen-bond donors (Lipinski definition) is 1. The van der Waals surface area contributed by atoms with Gasteiger partial charge in [0.2, 0.25) is 5.91 Å². The van der Waals surface area contributed by atoms with E-state index in [4.69, 9.17) is 0 Å². The Labute approximate surface area is 135 Å². The third-order valence-corrected chi connectivity index (χ3v) is 4.35. The van der Waals surface area contributed by atoms with E-state index in [0.717, 1.165) is 25.9 Å². The number of fused-ring (bicyclic) bond motifs is 2. The van der Waals surface area contributed by atoms with Crippen LogP contribution < -0.4 is 5.32 Å². The first kappa shape index (κ1) is 16.7. The van der Waals surface area contributed by atoms with Crippen molar-refractivity contribution in [3.63, 3.8) is 0 Å². The number of nitro benzene ring substituents is 1. The second-order valence-corrected chi connectivity index (χ2v) is 5.87. The van der Waals surface area contributed by atoms with Gasteiger partial charge in [-0.05, 0) is 24.8 Å². The molecule has 0 aromatic heterocycles. The van der Waals surface area contributed by atoms with Crippen molar-refractivity contribution in [2.75, 3.05) is 13.1 Å². The van der Waals surface area contributed by atoms with Gasteiger partial charge in [0, 0.05) is 37.3 Å². The Balaban J connectivity index is 0.00000176. The van der Waals surface area contributed by atoms with Gasteiger partial charge >= 0.3 is 0 Å². The van der Waals surface area contributed by atoms with Gasteiger partial charge in [-0.1, -0.05) is 12.1 Å². The minimum absolute atomic E-state index is 0. The predicted octanol–water partition coefficient (Wildman–Crippen LogP) is 1.91. The van der Waals surface area contributed by atoms with Crippen LogP contribution in [-0.2, 0) is 11.2 Å². The molecule has 2 unspecified atom stereocenters. The first-order valence-electron chi connectivity index (χ1n) is 7.39. The summed E-state index contributed by atoms with van der Waals surface area (Å²) in [5.41, 5.74) is 0.744. The SMILES string of the molecule is Cl.O=C(Cc1cccc([N+](=O)[O-])c1)N1CCC2CCC(C1)N2. The van der Waals surface area contributed by atoms with Crippen molar-refractivity contribution >= 4 is 24.0 Å². The fraction of sp³-hybridized carbons (Fsp3) is 0.533. The summed E-state index contributed by atoms with van der Waals surface area (Å²) in [4.78, 5) is 24.7. The molecule has 0 aliphatic carbocycles. The predicted molar refractivity (Wildman–Crippen MR) is 85.2 cm³/mol. The van der Waals surface area contributed by atoms with Crippen LogP contribution in [0.15, 0.2) is 24.3 Å². The molecule has 2 heterocycles. The number of amides is 1. The number of nitro groups is 1. The second kappa shape index (κ2) is 7.07. The van der Waals surface area contributed by atoms with Crippen molar-refractivity contribution in [2.45, 2.75) is 37.8 Å². The molecular formula is C15H20ClN3O3. The zero-order valence-corrected chi connectivity index (χ0v) is 13.1. The van der Waals surface area contributed by atoms with Crippen molar-refractivity contribution in [1.82, 2.24) is 10.2 Å². The minimum Gasteiger partial charge on any atom is -0.341 e. The van der Waals surface area contributed by atoms with Crippen LogP contribution in [0.5, 0.6) is 0 Å². The van der Waals surface area contributed by atoms with Gasteiger partial charge in [0.25, 0.3) is 5.69 Å². The van der Waals surface area contributed by atoms with Gasteiger partial charge in [0.15, 0.2) is 0 Å². The number of likely N-dealkylation sites (tertiary alicyclic amines) is 1. The van der Waals surface area contributed by atoms with E-state index in [1.165, 1.54) is 18.6 Å². The van der Waals surface area contributed by atoms with E-state index in [0.29, 0.717) is 17.6 Å². The molecule has 2 bridgehead atoms. The van der Waals surface area contributed by atoms with Gasteiger partial charge in [-0.2, -0.15) is 0 Å². The molecule has 0 radical (unpaired) electrons. The van der Waals surface area contributed by atoms with Crippen LogP contribution in [0.25, 0.3) is 0 Å². The molecule has 0 saturated carbocycles. The first-order chi connectivity index (χ1) is 10.1. The smallest absolute Gasteiger partial charge is 0.269 e. The molecule has 1 aromatic carbocycles. The van der Waals surface area contributed by atoms with E-state index in [1.807, 2.05) is 4.90 Å². The largest absolute Gasteiger partial charge is 0.341 e. The Hall–Kier alpha value is -1.66. The summed E-state index contributed by atoms with van der Waals surface area (Å²) in [6.45, 7) is 1.53. The number of carbonyl (C=O) groups is 1. The molecule has 3 rings (SSSR count). The maximum absolute atomic E-state index is 12.4. The van der Waals surface area contributed by atoms with E-state index in [1.54, 1.807) is 12.1 Å². The summed E-state index contributed by atoms with van der Waals surface area (Å²) >= 11 is 0. The van der Waals surface area contributed by atoms with Gasteiger partial charge < -0.3 is 10.2 Å². The highest BCUT2D eigenvalue weighted by atomic mass is 35.5. The number of halogens is 1. The zero-order chi connectivity index (χ0) is 14.8. The number of benzene rings is 1. The Morgan fingerprint density at radius 2 is 2.09 bits per heavy atom. The van der Waals surface area contributed by atoms with E-state index < -0.39 is 4.92 Å². The fourth-order valence-corrected chi connectivity index (χ4v) is 3.24. The molecule has 1 amide bonds. The second-order valence-electron chi connectivity index (χ2n) is 5.87. The third-order valence-electron chi connectivity index (χ3n) is 4.35. The molecule has 1 aromatic rings. The Morgan fingerprint density at radius 3 is 2.86 bits per heavy atom. The number of hydrogen-bond acceptors (Lipinski definition) is 4. The lowest BCUT2D eigenvalue weighted by Gasteiger charge is -2.24. The molecule has 0 spiro atoms. The lowest BCUT2D eigenvalue weighted by atomic mass is 10.1. The van der Waals surface area contributed by atoms with Crippen LogP contribution in [-0.4, -0.2) is 40.9 Å². The van der Waals surface area contributed by atoms with Crippen LogP contribution in [0.4, 0.5) is 5.69 Å². The maximum Gasteiger partial charge on any atom is 0.269 e. The van der Waals surface area contributed by atoms with Crippen molar-refractivity contribution < 1.29 is 9.72 Å². The van der Waals surface area contributed by atoms with Gasteiger partial charge in [-0.3, -0.25) is 14.9 Å². The number of carbonyl (C=O) groups excluding carboxylic acids is 1. The van der Waals surface area contributed by atoms with Crippen LogP contribution in [0, 0.1) is 10.1 Å². The van der Waals surface area contributed by atoms with Gasteiger partial charge in [0.1, 0.15) is 0 Å².